The van der Waals surface area contributed by atoms with Gasteiger partial charge >= 0.3 is 5.97 Å². The number of rotatable bonds is 4. The Bertz CT molecular complexity index is 970. The quantitative estimate of drug-likeness (QED) is 0.628. The number of carbonyl (C=O) groups is 1. The molecule has 2 saturated carbocycles. The van der Waals surface area contributed by atoms with Gasteiger partial charge in [-0.05, 0) is 85.0 Å². The lowest BCUT2D eigenvalue weighted by atomic mass is 9.45. The van der Waals surface area contributed by atoms with Gasteiger partial charge < -0.3 is 10.2 Å². The summed E-state index contributed by atoms with van der Waals surface area (Å²) in [7, 11) is 0. The topological polar surface area (TPSA) is 83.3 Å². The Labute approximate surface area is 191 Å². The first-order chi connectivity index (χ1) is 15.3. The fourth-order valence-electron chi connectivity index (χ4n) is 8.28. The van der Waals surface area contributed by atoms with E-state index in [1.54, 1.807) is 6.33 Å². The number of aliphatic hydroxyl groups excluding tert-OH is 1. The Balaban J connectivity index is 1.59. The molecule has 1 aromatic rings. The second-order valence-electron chi connectivity index (χ2n) is 11.2. The Morgan fingerprint density at radius 2 is 1.81 bits per heavy atom. The van der Waals surface area contributed by atoms with Gasteiger partial charge in [0.1, 0.15) is 6.33 Å². The predicted molar refractivity (Wildman–Crippen MR) is 123 cm³/mol. The van der Waals surface area contributed by atoms with Gasteiger partial charge in [0.2, 0.25) is 0 Å². The van der Waals surface area contributed by atoms with Gasteiger partial charge in [-0.1, -0.05) is 38.0 Å². The van der Waals surface area contributed by atoms with Crippen LogP contribution in [0.5, 0.6) is 0 Å². The zero-order valence-electron chi connectivity index (χ0n) is 19.6. The third kappa shape index (κ3) is 3.19. The Kier molecular flexibility index (Phi) is 5.31. The summed E-state index contributed by atoms with van der Waals surface area (Å²) in [6.07, 6.45) is 14.7. The van der Waals surface area contributed by atoms with Crippen molar-refractivity contribution in [3.63, 3.8) is 0 Å². The SMILES string of the molecule is CCC1C=C2CC(O)CC[C@]2(C)[C@@H]2CC[C@]3(C)C(c4cncnc4)=C(CC(=O)O)C[C@H]3[C@H]12. The summed E-state index contributed by atoms with van der Waals surface area (Å²) in [4.78, 5) is 20.4. The molecule has 0 aromatic carbocycles. The van der Waals surface area contributed by atoms with Gasteiger partial charge in [0, 0.05) is 18.0 Å². The number of aromatic nitrogens is 2. The largest absolute Gasteiger partial charge is 0.481 e. The molecule has 5 rings (SSSR count). The van der Waals surface area contributed by atoms with E-state index in [0.717, 1.165) is 56.1 Å². The van der Waals surface area contributed by atoms with Crippen LogP contribution in [0.25, 0.3) is 5.57 Å². The van der Waals surface area contributed by atoms with Crippen LogP contribution >= 0.6 is 0 Å². The number of aliphatic hydroxyl groups is 1. The molecule has 4 aliphatic rings. The van der Waals surface area contributed by atoms with E-state index < -0.39 is 5.97 Å². The van der Waals surface area contributed by atoms with Crippen LogP contribution in [0.15, 0.2) is 35.9 Å². The standard InChI is InChI=1S/C27H36N2O3/c1-4-16-9-19-12-20(30)5-7-26(19,2)21-6-8-27(3)22(24(16)21)10-17(11-23(31)32)25(27)18-13-28-15-29-14-18/h9,13-16,20-22,24,30H,4-8,10-12H2,1-3H3,(H,31,32)/t16?,20?,21-,22+,24-,26+,27+/m1/s1. The van der Waals surface area contributed by atoms with E-state index in [0.29, 0.717) is 23.7 Å². The highest BCUT2D eigenvalue weighted by Crippen LogP contribution is 2.69. The van der Waals surface area contributed by atoms with Crippen LogP contribution in [0.2, 0.25) is 0 Å². The molecule has 7 atom stereocenters. The molecular weight excluding hydrogens is 400 g/mol. The third-order valence-corrected chi connectivity index (χ3v) is 9.71. The molecule has 5 nitrogen and oxygen atoms in total. The highest BCUT2D eigenvalue weighted by molar-refractivity contribution is 5.81. The van der Waals surface area contributed by atoms with Crippen molar-refractivity contribution in [3.8, 4) is 0 Å². The highest BCUT2D eigenvalue weighted by Gasteiger charge is 2.60. The fraction of sp³-hybridized carbons (Fsp3) is 0.667. The molecule has 1 heterocycles. The van der Waals surface area contributed by atoms with E-state index in [9.17, 15) is 15.0 Å². The fourth-order valence-corrected chi connectivity index (χ4v) is 8.28. The van der Waals surface area contributed by atoms with E-state index in [1.807, 2.05) is 12.4 Å². The average molecular weight is 437 g/mol. The molecule has 0 spiro atoms. The molecule has 0 saturated heterocycles. The number of carboxylic acids is 1. The summed E-state index contributed by atoms with van der Waals surface area (Å²) in [6, 6.07) is 0. The Morgan fingerprint density at radius 3 is 2.50 bits per heavy atom. The van der Waals surface area contributed by atoms with Crippen molar-refractivity contribution in [2.24, 2.45) is 34.5 Å². The minimum Gasteiger partial charge on any atom is -0.481 e. The summed E-state index contributed by atoms with van der Waals surface area (Å²) in [5, 5.41) is 20.1. The highest BCUT2D eigenvalue weighted by atomic mass is 16.4. The summed E-state index contributed by atoms with van der Waals surface area (Å²) in [5.74, 6) is 1.34. The number of hydrogen-bond donors (Lipinski definition) is 2. The molecule has 0 bridgehead atoms. The van der Waals surface area contributed by atoms with Crippen LogP contribution in [0.3, 0.4) is 0 Å². The first-order valence-electron chi connectivity index (χ1n) is 12.4. The van der Waals surface area contributed by atoms with Crippen molar-refractivity contribution >= 4 is 11.5 Å². The second kappa shape index (κ2) is 7.79. The van der Waals surface area contributed by atoms with Crippen LogP contribution < -0.4 is 0 Å². The average Bonchev–Trinajstić information content (AvgIpc) is 3.05. The lowest BCUT2D eigenvalue weighted by molar-refractivity contribution is -0.136. The molecule has 2 unspecified atom stereocenters. The molecule has 0 amide bonds. The van der Waals surface area contributed by atoms with Crippen LogP contribution in [0.1, 0.15) is 77.7 Å². The summed E-state index contributed by atoms with van der Waals surface area (Å²) >= 11 is 0. The Morgan fingerprint density at radius 1 is 1.09 bits per heavy atom. The van der Waals surface area contributed by atoms with Gasteiger partial charge in [-0.15, -0.1) is 0 Å². The number of aliphatic carboxylic acids is 1. The smallest absolute Gasteiger partial charge is 0.307 e. The molecule has 172 valence electrons. The summed E-state index contributed by atoms with van der Waals surface area (Å²) < 4.78 is 0. The van der Waals surface area contributed by atoms with Crippen molar-refractivity contribution in [2.45, 2.75) is 78.2 Å². The zero-order valence-corrected chi connectivity index (χ0v) is 19.6. The first-order valence-corrected chi connectivity index (χ1v) is 12.4. The van der Waals surface area contributed by atoms with Gasteiger partial charge in [-0.2, -0.15) is 0 Å². The number of nitrogens with zero attached hydrogens (tertiary/aromatic N) is 2. The number of hydrogen-bond acceptors (Lipinski definition) is 4. The first kappa shape index (κ1) is 21.8. The van der Waals surface area contributed by atoms with Gasteiger partial charge in [0.15, 0.2) is 0 Å². The molecule has 5 heteroatoms. The van der Waals surface area contributed by atoms with Crippen LogP contribution in [-0.4, -0.2) is 32.3 Å². The maximum atomic E-state index is 11.8. The van der Waals surface area contributed by atoms with Crippen molar-refractivity contribution < 1.29 is 15.0 Å². The monoisotopic (exact) mass is 436 g/mol. The van der Waals surface area contributed by atoms with Crippen molar-refractivity contribution in [1.29, 1.82) is 0 Å². The molecule has 1 aromatic heterocycles. The lowest BCUT2D eigenvalue weighted by Crippen LogP contribution is -2.52. The van der Waals surface area contributed by atoms with E-state index >= 15 is 0 Å². The molecule has 0 radical (unpaired) electrons. The zero-order chi connectivity index (χ0) is 22.7. The van der Waals surface area contributed by atoms with Crippen molar-refractivity contribution in [1.82, 2.24) is 9.97 Å². The van der Waals surface area contributed by atoms with Crippen molar-refractivity contribution in [3.05, 3.63) is 41.5 Å². The summed E-state index contributed by atoms with van der Waals surface area (Å²) in [5.41, 5.74) is 4.90. The van der Waals surface area contributed by atoms with Crippen LogP contribution in [-0.2, 0) is 4.79 Å². The van der Waals surface area contributed by atoms with E-state index in [4.69, 9.17) is 0 Å². The van der Waals surface area contributed by atoms with Crippen molar-refractivity contribution in [2.75, 3.05) is 0 Å². The predicted octanol–water partition coefficient (Wildman–Crippen LogP) is 5.27. The minimum atomic E-state index is -0.751. The van der Waals surface area contributed by atoms with Crippen LogP contribution in [0, 0.1) is 34.5 Å². The second-order valence-corrected chi connectivity index (χ2v) is 11.2. The van der Waals surface area contributed by atoms with Gasteiger partial charge in [-0.25, -0.2) is 9.97 Å². The molecule has 4 aliphatic carbocycles. The van der Waals surface area contributed by atoms with Gasteiger partial charge in [0.05, 0.1) is 12.5 Å². The molecule has 2 fully saturated rings. The van der Waals surface area contributed by atoms with E-state index in [2.05, 4.69) is 36.8 Å². The Hall–Kier alpha value is -2.01. The van der Waals surface area contributed by atoms with E-state index in [-0.39, 0.29) is 23.4 Å². The minimum absolute atomic E-state index is 0.0417. The molecule has 32 heavy (non-hydrogen) atoms. The summed E-state index contributed by atoms with van der Waals surface area (Å²) in [6.45, 7) is 7.12. The lowest BCUT2D eigenvalue weighted by Gasteiger charge is -2.60. The molecular formula is C27H36N2O3. The maximum Gasteiger partial charge on any atom is 0.307 e. The third-order valence-electron chi connectivity index (χ3n) is 9.71. The van der Waals surface area contributed by atoms with Gasteiger partial charge in [-0.3, -0.25) is 4.79 Å². The van der Waals surface area contributed by atoms with Crippen LogP contribution in [0.4, 0.5) is 0 Å². The number of carboxylic acid groups (broad SMARTS) is 1. The number of allylic oxidation sites excluding steroid dienone is 2. The number of fused-ring (bicyclic) bond motifs is 5. The molecule has 2 N–H and O–H groups in total. The maximum absolute atomic E-state index is 11.8. The normalized spacial score (nSPS) is 40.9. The van der Waals surface area contributed by atoms with Gasteiger partial charge in [0.25, 0.3) is 0 Å². The van der Waals surface area contributed by atoms with E-state index in [1.165, 1.54) is 11.1 Å². The molecule has 0 aliphatic heterocycles.